The number of cyclic esters (lactones) is 1. The minimum atomic E-state index is -1.10. The van der Waals surface area contributed by atoms with Crippen LogP contribution in [0.15, 0.2) is 58.2 Å². The van der Waals surface area contributed by atoms with Crippen LogP contribution in [-0.4, -0.2) is 77.3 Å². The van der Waals surface area contributed by atoms with E-state index in [-0.39, 0.29) is 24.1 Å². The quantitative estimate of drug-likeness (QED) is 0.494. The molecular weight excluding hydrogens is 508 g/mol. The molecule has 0 unspecified atom stereocenters. The zero-order valence-corrected chi connectivity index (χ0v) is 21.7. The van der Waals surface area contributed by atoms with Crippen LogP contribution in [0.3, 0.4) is 0 Å². The highest BCUT2D eigenvalue weighted by Gasteiger charge is 2.40. The molecule has 0 radical (unpaired) electrons. The van der Waals surface area contributed by atoms with E-state index in [0.29, 0.717) is 61.0 Å². The van der Waals surface area contributed by atoms with Crippen LogP contribution in [0.4, 0.5) is 16.2 Å². The number of thioether (sulfide) groups is 1. The number of nitrogens with zero attached hydrogens (tertiary/aromatic N) is 3. The fourth-order valence-corrected chi connectivity index (χ4v) is 6.22. The maximum atomic E-state index is 12.7. The Bertz CT molecular complexity index is 1490. The van der Waals surface area contributed by atoms with Gasteiger partial charge in [0, 0.05) is 42.3 Å². The molecule has 0 aliphatic carbocycles. The van der Waals surface area contributed by atoms with Gasteiger partial charge in [0.05, 0.1) is 42.8 Å². The Morgan fingerprint density at radius 1 is 1.16 bits per heavy atom. The summed E-state index contributed by atoms with van der Waals surface area (Å²) in [5, 5.41) is 15.2. The third-order valence-electron chi connectivity index (χ3n) is 7.31. The lowest BCUT2D eigenvalue weighted by Crippen LogP contribution is -2.42. The number of rotatable bonds is 6. The highest BCUT2D eigenvalue weighted by atomic mass is 32.2. The molecule has 11 heteroatoms. The number of aromatic nitrogens is 1. The van der Waals surface area contributed by atoms with Crippen molar-refractivity contribution >= 4 is 46.0 Å². The third kappa shape index (κ3) is 4.72. The van der Waals surface area contributed by atoms with E-state index in [0.717, 1.165) is 10.3 Å². The summed E-state index contributed by atoms with van der Waals surface area (Å²) in [6.45, 7) is 1.98. The van der Waals surface area contributed by atoms with Crippen molar-refractivity contribution in [1.82, 2.24) is 9.47 Å². The van der Waals surface area contributed by atoms with Crippen LogP contribution in [0.2, 0.25) is 0 Å². The number of benzene rings is 2. The molecule has 2 amide bonds. The highest BCUT2D eigenvalue weighted by molar-refractivity contribution is 8.00. The molecule has 38 heavy (non-hydrogen) atoms. The van der Waals surface area contributed by atoms with E-state index in [1.54, 1.807) is 28.7 Å². The minimum Gasteiger partial charge on any atom is -0.497 e. The fourth-order valence-electron chi connectivity index (χ4n) is 5.43. The number of carbonyl (C=O) groups is 2. The Labute approximate surface area is 223 Å². The maximum absolute atomic E-state index is 12.7. The van der Waals surface area contributed by atoms with Gasteiger partial charge in [-0.15, -0.1) is 11.8 Å². The molecule has 0 saturated carbocycles. The van der Waals surface area contributed by atoms with Crippen molar-refractivity contribution in [1.29, 1.82) is 0 Å². The van der Waals surface area contributed by atoms with Gasteiger partial charge in [-0.25, -0.2) is 4.79 Å². The molecule has 6 rings (SSSR count). The van der Waals surface area contributed by atoms with Gasteiger partial charge in [0.2, 0.25) is 5.91 Å². The van der Waals surface area contributed by atoms with Gasteiger partial charge < -0.3 is 24.5 Å². The summed E-state index contributed by atoms with van der Waals surface area (Å²) in [6.07, 6.45) is -0.309. The fraction of sp³-hybridized carbons (Fsp3) is 0.370. The summed E-state index contributed by atoms with van der Waals surface area (Å²) < 4.78 is 12.6. The summed E-state index contributed by atoms with van der Waals surface area (Å²) in [5.41, 5.74) is 0.799. The molecule has 0 spiro atoms. The number of likely N-dealkylation sites (tertiary alicyclic amines) is 1. The van der Waals surface area contributed by atoms with Crippen molar-refractivity contribution < 1.29 is 24.2 Å². The number of anilines is 2. The van der Waals surface area contributed by atoms with E-state index in [9.17, 15) is 19.5 Å². The van der Waals surface area contributed by atoms with E-state index >= 15 is 0 Å². The summed E-state index contributed by atoms with van der Waals surface area (Å²) in [6, 6.07) is 14.4. The second-order valence-electron chi connectivity index (χ2n) is 10.0. The van der Waals surface area contributed by atoms with Crippen LogP contribution in [0.25, 0.3) is 10.9 Å². The van der Waals surface area contributed by atoms with Crippen LogP contribution in [0, 0.1) is 0 Å². The first-order valence-corrected chi connectivity index (χ1v) is 13.5. The topological polar surface area (TPSA) is 113 Å². The first kappa shape index (κ1) is 24.8. The summed E-state index contributed by atoms with van der Waals surface area (Å²) in [4.78, 5) is 41.8. The Morgan fingerprint density at radius 3 is 2.84 bits per heavy atom. The lowest BCUT2D eigenvalue weighted by molar-refractivity contribution is -0.113. The number of methoxy groups -OCH3 is 1. The summed E-state index contributed by atoms with van der Waals surface area (Å²) in [7, 11) is 1.58. The SMILES string of the molecule is COc1ccc2ccc(=O)n(C[C@@]3(O)CCN(C[C@H]4CN(c5ccc6c(c5)NC(=O)CS6)C(=O)O4)C3)c2c1. The number of hydrogen-bond donors (Lipinski definition) is 2. The van der Waals surface area contributed by atoms with Gasteiger partial charge in [-0.3, -0.25) is 19.4 Å². The van der Waals surface area contributed by atoms with E-state index in [4.69, 9.17) is 9.47 Å². The number of ether oxygens (including phenoxy) is 2. The van der Waals surface area contributed by atoms with Gasteiger partial charge in [0.15, 0.2) is 0 Å². The molecule has 3 aliphatic heterocycles. The molecule has 1 aromatic heterocycles. The Morgan fingerprint density at radius 2 is 2.00 bits per heavy atom. The van der Waals surface area contributed by atoms with Crippen molar-refractivity contribution in [2.45, 2.75) is 29.6 Å². The number of nitrogens with one attached hydrogen (secondary N) is 1. The molecule has 3 aliphatic rings. The van der Waals surface area contributed by atoms with Crippen LogP contribution < -0.4 is 20.5 Å². The standard InChI is InChI=1S/C27H28N4O6S/c1-36-19-5-2-17-3-7-25(33)31(22(17)11-19)16-27(35)8-9-29(15-27)12-20-13-30(26(34)37-20)18-4-6-23-21(10-18)28-24(32)14-38-23/h2-7,10-11,20,35H,8-9,12-16H2,1H3,(H,28,32)/t20-,27+/m0/s1. The zero-order valence-electron chi connectivity index (χ0n) is 20.9. The zero-order chi connectivity index (χ0) is 26.4. The van der Waals surface area contributed by atoms with Crippen molar-refractivity contribution in [3.63, 3.8) is 0 Å². The van der Waals surface area contributed by atoms with Crippen LogP contribution >= 0.6 is 11.8 Å². The predicted octanol–water partition coefficient (Wildman–Crippen LogP) is 2.52. The summed E-state index contributed by atoms with van der Waals surface area (Å²) in [5.74, 6) is 0.962. The van der Waals surface area contributed by atoms with Gasteiger partial charge in [-0.05, 0) is 48.2 Å². The smallest absolute Gasteiger partial charge is 0.414 e. The van der Waals surface area contributed by atoms with Crippen LogP contribution in [0.1, 0.15) is 6.42 Å². The molecule has 2 N–H and O–H groups in total. The number of β-amino-alcohol motifs (C(OH)–C–C–N with tert-alkyl or cyclic N) is 1. The number of aliphatic hydroxyl groups is 1. The molecule has 198 valence electrons. The second kappa shape index (κ2) is 9.64. The van der Waals surface area contributed by atoms with E-state index in [2.05, 4.69) is 10.2 Å². The number of hydrogen-bond acceptors (Lipinski definition) is 8. The van der Waals surface area contributed by atoms with Gasteiger partial charge in [0.1, 0.15) is 11.9 Å². The molecular formula is C27H28N4O6S. The van der Waals surface area contributed by atoms with Crippen LogP contribution in [0.5, 0.6) is 5.75 Å². The van der Waals surface area contributed by atoms with Gasteiger partial charge in [-0.1, -0.05) is 0 Å². The van der Waals surface area contributed by atoms with Crippen molar-refractivity contribution in [2.75, 3.05) is 49.3 Å². The average molecular weight is 537 g/mol. The summed E-state index contributed by atoms with van der Waals surface area (Å²) >= 11 is 1.47. The molecule has 2 aromatic carbocycles. The van der Waals surface area contributed by atoms with Gasteiger partial charge in [-0.2, -0.15) is 0 Å². The lowest BCUT2D eigenvalue weighted by atomic mass is 10.0. The van der Waals surface area contributed by atoms with E-state index in [1.165, 1.54) is 17.8 Å². The number of amides is 2. The maximum Gasteiger partial charge on any atom is 0.414 e. The van der Waals surface area contributed by atoms with Crippen molar-refractivity contribution in [3.8, 4) is 5.75 Å². The molecule has 2 fully saturated rings. The molecule has 2 saturated heterocycles. The van der Waals surface area contributed by atoms with E-state index < -0.39 is 11.7 Å². The minimum absolute atomic E-state index is 0.0621. The molecule has 2 atom stereocenters. The average Bonchev–Trinajstić information content (AvgIpc) is 3.46. The number of pyridine rings is 1. The first-order valence-electron chi connectivity index (χ1n) is 12.5. The normalized spacial score (nSPS) is 23.4. The predicted molar refractivity (Wildman–Crippen MR) is 144 cm³/mol. The molecule has 3 aromatic rings. The Balaban J connectivity index is 1.13. The molecule has 4 heterocycles. The van der Waals surface area contributed by atoms with Crippen LogP contribution in [-0.2, 0) is 16.1 Å². The Hall–Kier alpha value is -3.54. The number of fused-ring (bicyclic) bond motifs is 2. The van der Waals surface area contributed by atoms with Crippen molar-refractivity contribution in [3.05, 3.63) is 58.9 Å². The molecule has 10 nitrogen and oxygen atoms in total. The lowest BCUT2D eigenvalue weighted by Gasteiger charge is -2.26. The second-order valence-corrected chi connectivity index (χ2v) is 11.0. The Kier molecular flexibility index (Phi) is 6.29. The monoisotopic (exact) mass is 536 g/mol. The van der Waals surface area contributed by atoms with Crippen molar-refractivity contribution in [2.24, 2.45) is 0 Å². The molecule has 0 bridgehead atoms. The van der Waals surface area contributed by atoms with Gasteiger partial charge in [0.25, 0.3) is 5.56 Å². The largest absolute Gasteiger partial charge is 0.497 e. The number of carbonyl (C=O) groups excluding carboxylic acids is 2. The van der Waals surface area contributed by atoms with Gasteiger partial charge >= 0.3 is 6.09 Å². The first-order chi connectivity index (χ1) is 18.3. The third-order valence-corrected chi connectivity index (χ3v) is 8.38. The highest BCUT2D eigenvalue weighted by Crippen LogP contribution is 2.36. The van der Waals surface area contributed by atoms with E-state index in [1.807, 2.05) is 30.3 Å².